The van der Waals surface area contributed by atoms with Crippen molar-refractivity contribution in [2.75, 3.05) is 5.32 Å². The number of anilines is 1. The maximum Gasteiger partial charge on any atom is 0.257 e. The minimum atomic E-state index is -0.469. The lowest BCUT2D eigenvalue weighted by atomic mass is 10.2. The quantitative estimate of drug-likeness (QED) is 0.689. The summed E-state index contributed by atoms with van der Waals surface area (Å²) in [7, 11) is 0. The highest BCUT2D eigenvalue weighted by Crippen LogP contribution is 2.19. The van der Waals surface area contributed by atoms with E-state index in [0.717, 1.165) is 4.47 Å². The number of hydrogen-bond acceptors (Lipinski definition) is 2. The van der Waals surface area contributed by atoms with Crippen molar-refractivity contribution >= 4 is 60.8 Å². The zero-order valence-electron chi connectivity index (χ0n) is 10.5. The van der Waals surface area contributed by atoms with Gasteiger partial charge in [-0.3, -0.25) is 10.1 Å². The summed E-state index contributed by atoms with van der Waals surface area (Å²) in [5.74, 6) is -0.838. The van der Waals surface area contributed by atoms with E-state index < -0.39 is 5.82 Å². The zero-order chi connectivity index (χ0) is 15.4. The Hall–Kier alpha value is -1.31. The van der Waals surface area contributed by atoms with Crippen molar-refractivity contribution in [3.8, 4) is 0 Å². The van der Waals surface area contributed by atoms with Crippen LogP contribution in [0.15, 0.2) is 51.4 Å². The van der Waals surface area contributed by atoms with Gasteiger partial charge in [-0.05, 0) is 48.6 Å². The molecule has 108 valence electrons. The van der Waals surface area contributed by atoms with Gasteiger partial charge >= 0.3 is 0 Å². The second-order valence-electron chi connectivity index (χ2n) is 4.04. The summed E-state index contributed by atoms with van der Waals surface area (Å²) >= 11 is 11.5. The van der Waals surface area contributed by atoms with Gasteiger partial charge in [-0.15, -0.1) is 0 Å². The SMILES string of the molecule is O=C(NC(=S)Nc1ccc(Br)cc1F)c1cccc(Br)c1. The summed E-state index contributed by atoms with van der Waals surface area (Å²) in [6, 6.07) is 11.4. The largest absolute Gasteiger partial charge is 0.330 e. The number of hydrogen-bond donors (Lipinski definition) is 2. The van der Waals surface area contributed by atoms with Crippen LogP contribution >= 0.6 is 44.1 Å². The van der Waals surface area contributed by atoms with Crippen LogP contribution in [0.2, 0.25) is 0 Å². The van der Waals surface area contributed by atoms with Gasteiger partial charge in [-0.25, -0.2) is 4.39 Å². The number of carbonyl (C=O) groups is 1. The molecule has 0 radical (unpaired) electrons. The summed E-state index contributed by atoms with van der Waals surface area (Å²) < 4.78 is 15.1. The molecule has 0 aromatic heterocycles. The molecule has 2 aromatic rings. The fourth-order valence-electron chi connectivity index (χ4n) is 1.55. The van der Waals surface area contributed by atoms with Gasteiger partial charge in [0.15, 0.2) is 5.11 Å². The van der Waals surface area contributed by atoms with Crippen molar-refractivity contribution in [3.05, 3.63) is 62.8 Å². The van der Waals surface area contributed by atoms with Gasteiger partial charge in [-0.2, -0.15) is 0 Å². The molecular weight excluding hydrogens is 423 g/mol. The number of thiocarbonyl (C=S) groups is 1. The average molecular weight is 432 g/mol. The molecule has 21 heavy (non-hydrogen) atoms. The van der Waals surface area contributed by atoms with Crippen LogP contribution in [-0.4, -0.2) is 11.0 Å². The normalized spacial score (nSPS) is 10.0. The molecule has 0 aliphatic carbocycles. The third-order valence-corrected chi connectivity index (χ3v) is 3.68. The van der Waals surface area contributed by atoms with Crippen LogP contribution in [0.4, 0.5) is 10.1 Å². The minimum absolute atomic E-state index is 0.0289. The lowest BCUT2D eigenvalue weighted by Crippen LogP contribution is -2.34. The molecule has 0 fully saturated rings. The molecule has 7 heteroatoms. The summed E-state index contributed by atoms with van der Waals surface area (Å²) in [5.41, 5.74) is 0.641. The fraction of sp³-hybridized carbons (Fsp3) is 0. The predicted octanol–water partition coefficient (Wildman–Crippen LogP) is 4.48. The van der Waals surface area contributed by atoms with Crippen LogP contribution in [0.3, 0.4) is 0 Å². The molecule has 2 N–H and O–H groups in total. The highest BCUT2D eigenvalue weighted by Gasteiger charge is 2.10. The van der Waals surface area contributed by atoms with Crippen molar-refractivity contribution in [2.24, 2.45) is 0 Å². The molecule has 3 nitrogen and oxygen atoms in total. The van der Waals surface area contributed by atoms with E-state index >= 15 is 0 Å². The first-order valence-electron chi connectivity index (χ1n) is 5.78. The molecule has 0 unspecified atom stereocenters. The number of nitrogens with one attached hydrogen (secondary N) is 2. The van der Waals surface area contributed by atoms with E-state index in [9.17, 15) is 9.18 Å². The molecule has 0 saturated carbocycles. The monoisotopic (exact) mass is 430 g/mol. The lowest BCUT2D eigenvalue weighted by Gasteiger charge is -2.10. The lowest BCUT2D eigenvalue weighted by molar-refractivity contribution is 0.0977. The van der Waals surface area contributed by atoms with E-state index in [4.69, 9.17) is 12.2 Å². The topological polar surface area (TPSA) is 41.1 Å². The van der Waals surface area contributed by atoms with E-state index in [2.05, 4.69) is 42.5 Å². The van der Waals surface area contributed by atoms with Crippen molar-refractivity contribution in [3.63, 3.8) is 0 Å². The van der Waals surface area contributed by atoms with Gasteiger partial charge in [0.05, 0.1) is 5.69 Å². The first-order chi connectivity index (χ1) is 9.95. The molecule has 0 spiro atoms. The van der Waals surface area contributed by atoms with Crippen LogP contribution < -0.4 is 10.6 Å². The van der Waals surface area contributed by atoms with E-state index in [1.807, 2.05) is 6.07 Å². The number of amides is 1. The summed E-state index contributed by atoms with van der Waals surface area (Å²) in [6.45, 7) is 0. The van der Waals surface area contributed by atoms with Gasteiger partial charge < -0.3 is 5.32 Å². The molecule has 0 heterocycles. The smallest absolute Gasteiger partial charge is 0.257 e. The fourth-order valence-corrected chi connectivity index (χ4v) is 2.48. The Morgan fingerprint density at radius 1 is 1.10 bits per heavy atom. The molecule has 0 saturated heterocycles. The molecule has 2 aromatic carbocycles. The van der Waals surface area contributed by atoms with Gasteiger partial charge in [0.1, 0.15) is 5.82 Å². The Bertz CT molecular complexity index is 709. The van der Waals surface area contributed by atoms with Crippen LogP contribution in [0.5, 0.6) is 0 Å². The van der Waals surface area contributed by atoms with E-state index in [1.165, 1.54) is 12.1 Å². The Kier molecular flexibility index (Phi) is 5.44. The van der Waals surface area contributed by atoms with Gasteiger partial charge in [-0.1, -0.05) is 37.9 Å². The number of halogens is 3. The molecule has 2 rings (SSSR count). The van der Waals surface area contributed by atoms with Crippen molar-refractivity contribution in [2.45, 2.75) is 0 Å². The Balaban J connectivity index is 2.03. The summed E-state index contributed by atoms with van der Waals surface area (Å²) in [5, 5.41) is 5.17. The number of rotatable bonds is 2. The van der Waals surface area contributed by atoms with Crippen LogP contribution in [0, 0.1) is 5.82 Å². The highest BCUT2D eigenvalue weighted by atomic mass is 79.9. The van der Waals surface area contributed by atoms with E-state index in [1.54, 1.807) is 24.3 Å². The number of benzene rings is 2. The molecule has 0 aliphatic heterocycles. The van der Waals surface area contributed by atoms with E-state index in [0.29, 0.717) is 10.0 Å². The maximum absolute atomic E-state index is 13.7. The number of carbonyl (C=O) groups excluding carboxylic acids is 1. The van der Waals surface area contributed by atoms with Gasteiger partial charge in [0.2, 0.25) is 0 Å². The second-order valence-corrected chi connectivity index (χ2v) is 6.28. The Morgan fingerprint density at radius 3 is 2.48 bits per heavy atom. The van der Waals surface area contributed by atoms with Crippen LogP contribution in [0.25, 0.3) is 0 Å². The first-order valence-corrected chi connectivity index (χ1v) is 7.78. The standard InChI is InChI=1S/C14H9Br2FN2OS/c15-9-3-1-2-8(6-9)13(20)19-14(21)18-12-5-4-10(16)7-11(12)17/h1-7H,(H2,18,19,20,21). The molecule has 1 amide bonds. The molecule has 0 atom stereocenters. The highest BCUT2D eigenvalue weighted by molar-refractivity contribution is 9.10. The molecule has 0 bridgehead atoms. The second kappa shape index (κ2) is 7.11. The predicted molar refractivity (Wildman–Crippen MR) is 91.9 cm³/mol. The van der Waals surface area contributed by atoms with Crippen molar-refractivity contribution in [1.29, 1.82) is 0 Å². The third-order valence-electron chi connectivity index (χ3n) is 2.49. The maximum atomic E-state index is 13.7. The molecule has 0 aliphatic rings. The van der Waals surface area contributed by atoms with Crippen molar-refractivity contribution < 1.29 is 9.18 Å². The minimum Gasteiger partial charge on any atom is -0.330 e. The van der Waals surface area contributed by atoms with E-state index in [-0.39, 0.29) is 16.7 Å². The zero-order valence-corrected chi connectivity index (χ0v) is 14.5. The summed E-state index contributed by atoms with van der Waals surface area (Å²) in [6.07, 6.45) is 0. The van der Waals surface area contributed by atoms with Gasteiger partial charge in [0.25, 0.3) is 5.91 Å². The summed E-state index contributed by atoms with van der Waals surface area (Å²) in [4.78, 5) is 12.0. The first kappa shape index (κ1) is 16.1. The van der Waals surface area contributed by atoms with Crippen LogP contribution in [0.1, 0.15) is 10.4 Å². The average Bonchev–Trinajstić information content (AvgIpc) is 2.42. The third kappa shape index (κ3) is 4.59. The Morgan fingerprint density at radius 2 is 1.81 bits per heavy atom. The van der Waals surface area contributed by atoms with Crippen molar-refractivity contribution in [1.82, 2.24) is 5.32 Å². The van der Waals surface area contributed by atoms with Crippen LogP contribution in [-0.2, 0) is 0 Å². The molecular formula is C14H9Br2FN2OS. The van der Waals surface area contributed by atoms with Gasteiger partial charge in [0, 0.05) is 14.5 Å². The Labute approximate surface area is 143 Å².